The van der Waals surface area contributed by atoms with Crippen molar-refractivity contribution >= 4 is 22.5 Å². The molecule has 2 aliphatic rings. The molecular weight excluding hydrogens is 303 g/mol. The van der Waals surface area contributed by atoms with Crippen LogP contribution in [0.25, 0.3) is 10.9 Å². The summed E-state index contributed by atoms with van der Waals surface area (Å²) in [5.74, 6) is 0. The van der Waals surface area contributed by atoms with Crippen LogP contribution >= 0.6 is 11.6 Å². The van der Waals surface area contributed by atoms with Gasteiger partial charge in [-0.3, -0.25) is 4.90 Å². The van der Waals surface area contributed by atoms with E-state index in [1.54, 1.807) is 11.3 Å². The van der Waals surface area contributed by atoms with Crippen molar-refractivity contribution in [2.45, 2.75) is 45.2 Å². The highest BCUT2D eigenvalue weighted by molar-refractivity contribution is 6.35. The van der Waals surface area contributed by atoms with E-state index in [2.05, 4.69) is 28.5 Å². The molecule has 21 heavy (non-hydrogen) atoms. The average Bonchev–Trinajstić information content (AvgIpc) is 2.80. The number of aromatic nitrogens is 1. The summed E-state index contributed by atoms with van der Waals surface area (Å²) in [6, 6.07) is 7.01. The van der Waals surface area contributed by atoms with Crippen LogP contribution in [0.4, 0.5) is 0 Å². The summed E-state index contributed by atoms with van der Waals surface area (Å²) in [7, 11) is 0. The third-order valence-corrected chi connectivity index (χ3v) is 5.27. The highest BCUT2D eigenvalue weighted by Crippen LogP contribution is 2.43. The Morgan fingerprint density at radius 1 is 1.33 bits per heavy atom. The molecule has 2 aromatic rings. The summed E-state index contributed by atoms with van der Waals surface area (Å²) < 4.78 is 2.52. The monoisotopic (exact) mass is 324 g/mol. The van der Waals surface area contributed by atoms with Crippen LogP contribution in [-0.4, -0.2) is 22.6 Å². The fourth-order valence-corrected chi connectivity index (χ4v) is 4.51. The smallest absolute Gasteiger partial charge is 1.00 e. The molecule has 0 spiro atoms. The first kappa shape index (κ1) is 15.2. The third kappa shape index (κ3) is 2.19. The Bertz CT molecular complexity index is 668. The molecule has 4 rings (SSSR count). The van der Waals surface area contributed by atoms with Crippen LogP contribution in [-0.2, 0) is 13.0 Å². The summed E-state index contributed by atoms with van der Waals surface area (Å²) in [5, 5.41) is 2.31. The topological polar surface area (TPSA) is 8.17 Å². The third-order valence-electron chi connectivity index (χ3n) is 4.96. The van der Waals surface area contributed by atoms with Gasteiger partial charge >= 0.3 is 1.43 Å². The predicted molar refractivity (Wildman–Crippen MR) is 85.6 cm³/mol. The summed E-state index contributed by atoms with van der Waals surface area (Å²) in [6.07, 6.45) is 5.08. The number of halogens is 2. The second-order valence-corrected chi connectivity index (χ2v) is 6.50. The minimum atomic E-state index is 0. The number of benzene rings is 1. The normalized spacial score (nSPS) is 21.1. The van der Waals surface area contributed by atoms with Crippen molar-refractivity contribution in [2.24, 2.45) is 0 Å². The molecule has 0 amide bonds. The fraction of sp³-hybridized carbons (Fsp3) is 0.529. The minimum absolute atomic E-state index is 0. The Morgan fingerprint density at radius 3 is 3.00 bits per heavy atom. The zero-order chi connectivity index (χ0) is 13.7. The van der Waals surface area contributed by atoms with Gasteiger partial charge in [0.1, 0.15) is 0 Å². The van der Waals surface area contributed by atoms with Crippen LogP contribution in [0.5, 0.6) is 0 Å². The molecule has 1 atom stereocenters. The number of para-hydroxylation sites is 1. The van der Waals surface area contributed by atoms with Crippen LogP contribution < -0.4 is 12.4 Å². The minimum Gasteiger partial charge on any atom is -1.00 e. The Hall–Kier alpha value is -0.700. The van der Waals surface area contributed by atoms with Gasteiger partial charge in [-0.05, 0) is 43.9 Å². The van der Waals surface area contributed by atoms with E-state index in [4.69, 9.17) is 11.6 Å². The molecule has 114 valence electrons. The summed E-state index contributed by atoms with van der Waals surface area (Å²) in [4.78, 5) is 2.69. The highest BCUT2D eigenvalue weighted by atomic mass is 35.5. The summed E-state index contributed by atoms with van der Waals surface area (Å²) >= 11 is 6.50. The van der Waals surface area contributed by atoms with Gasteiger partial charge in [-0.2, -0.15) is 0 Å². The molecule has 1 aromatic carbocycles. The van der Waals surface area contributed by atoms with Crippen molar-refractivity contribution in [3.63, 3.8) is 0 Å². The molecule has 0 bridgehead atoms. The Balaban J connectivity index is 0.000000882. The molecule has 0 saturated carbocycles. The van der Waals surface area contributed by atoms with E-state index in [1.165, 1.54) is 49.7 Å². The van der Waals surface area contributed by atoms with Crippen LogP contribution in [0.1, 0.15) is 44.9 Å². The SMILES string of the molecule is CCCN1CCn2c3c(c4cccc(Cl)c42)CCCC31.[Cl-].[H+]. The van der Waals surface area contributed by atoms with Gasteiger partial charge in [0.05, 0.1) is 16.6 Å². The second-order valence-electron chi connectivity index (χ2n) is 6.10. The molecule has 1 aliphatic carbocycles. The van der Waals surface area contributed by atoms with Gasteiger partial charge in [0.2, 0.25) is 0 Å². The molecule has 0 fully saturated rings. The number of hydrogen-bond acceptors (Lipinski definition) is 1. The van der Waals surface area contributed by atoms with Crippen LogP contribution in [0, 0.1) is 0 Å². The van der Waals surface area contributed by atoms with E-state index in [-0.39, 0.29) is 13.8 Å². The zero-order valence-corrected chi connectivity index (χ0v) is 13.9. The number of rotatable bonds is 2. The maximum Gasteiger partial charge on any atom is 1.00 e. The quantitative estimate of drug-likeness (QED) is 0.813. The van der Waals surface area contributed by atoms with E-state index >= 15 is 0 Å². The standard InChI is InChI=1S/C17H21ClN2.ClH/c1-2-9-19-10-11-20-16-12(5-3-7-14(16)18)13-6-4-8-15(19)17(13)20;/h3,5,7,15H,2,4,6,8-11H2,1H3;1H. The molecule has 2 heterocycles. The number of aryl methyl sites for hydroxylation is 1. The lowest BCUT2D eigenvalue weighted by atomic mass is 9.89. The molecule has 1 unspecified atom stereocenters. The molecule has 1 aliphatic heterocycles. The largest absolute Gasteiger partial charge is 1.00 e. The van der Waals surface area contributed by atoms with Crippen LogP contribution in [0.2, 0.25) is 5.02 Å². The molecular formula is C17H22Cl2N2. The summed E-state index contributed by atoms with van der Waals surface area (Å²) in [5.41, 5.74) is 4.42. The Kier molecular flexibility index (Phi) is 4.22. The average molecular weight is 325 g/mol. The van der Waals surface area contributed by atoms with E-state index in [0.29, 0.717) is 6.04 Å². The molecule has 4 heteroatoms. The first-order valence-electron chi connectivity index (χ1n) is 7.84. The lowest BCUT2D eigenvalue weighted by Gasteiger charge is -2.39. The first-order valence-corrected chi connectivity index (χ1v) is 8.22. The van der Waals surface area contributed by atoms with Crippen molar-refractivity contribution in [1.29, 1.82) is 0 Å². The van der Waals surface area contributed by atoms with Crippen molar-refractivity contribution in [2.75, 3.05) is 13.1 Å². The van der Waals surface area contributed by atoms with E-state index in [9.17, 15) is 0 Å². The molecule has 2 nitrogen and oxygen atoms in total. The molecule has 0 saturated heterocycles. The van der Waals surface area contributed by atoms with E-state index < -0.39 is 0 Å². The maximum absolute atomic E-state index is 6.50. The van der Waals surface area contributed by atoms with Crippen LogP contribution in [0.3, 0.4) is 0 Å². The van der Waals surface area contributed by atoms with Gasteiger partial charge in [-0.15, -0.1) is 0 Å². The maximum atomic E-state index is 6.50. The van der Waals surface area contributed by atoms with Gasteiger partial charge in [0.15, 0.2) is 0 Å². The Morgan fingerprint density at radius 2 is 2.19 bits per heavy atom. The first-order chi connectivity index (χ1) is 9.81. The zero-order valence-electron chi connectivity index (χ0n) is 13.4. The van der Waals surface area contributed by atoms with Gasteiger partial charge in [0, 0.05) is 24.2 Å². The van der Waals surface area contributed by atoms with Gasteiger partial charge < -0.3 is 17.0 Å². The predicted octanol–water partition coefficient (Wildman–Crippen LogP) is 1.51. The van der Waals surface area contributed by atoms with Gasteiger partial charge in [-0.1, -0.05) is 30.7 Å². The summed E-state index contributed by atoms with van der Waals surface area (Å²) in [6.45, 7) is 5.76. The number of hydrogen-bond donors (Lipinski definition) is 0. The second kappa shape index (κ2) is 5.83. The van der Waals surface area contributed by atoms with Crippen molar-refractivity contribution in [3.05, 3.63) is 34.5 Å². The number of nitrogens with zero attached hydrogens (tertiary/aromatic N) is 2. The number of fused-ring (bicyclic) bond motifs is 3. The van der Waals surface area contributed by atoms with E-state index in [1.807, 2.05) is 6.07 Å². The van der Waals surface area contributed by atoms with Crippen molar-refractivity contribution in [3.8, 4) is 0 Å². The van der Waals surface area contributed by atoms with E-state index in [0.717, 1.165) is 11.6 Å². The fourth-order valence-electron chi connectivity index (χ4n) is 4.23. The molecule has 1 aromatic heterocycles. The van der Waals surface area contributed by atoms with Gasteiger partial charge in [-0.25, -0.2) is 0 Å². The highest BCUT2D eigenvalue weighted by Gasteiger charge is 2.34. The lowest BCUT2D eigenvalue weighted by molar-refractivity contribution is -0.00000397. The van der Waals surface area contributed by atoms with Crippen molar-refractivity contribution in [1.82, 2.24) is 9.47 Å². The molecule has 0 N–H and O–H groups in total. The Labute approximate surface area is 139 Å². The van der Waals surface area contributed by atoms with Gasteiger partial charge in [0.25, 0.3) is 0 Å². The van der Waals surface area contributed by atoms with Crippen molar-refractivity contribution < 1.29 is 13.8 Å². The molecule has 0 radical (unpaired) electrons. The van der Waals surface area contributed by atoms with Crippen LogP contribution in [0.15, 0.2) is 18.2 Å². The lowest BCUT2D eigenvalue weighted by Crippen LogP contribution is -3.00.